The van der Waals surface area contributed by atoms with Crippen LogP contribution in [-0.4, -0.2) is 30.1 Å². The Labute approximate surface area is 118 Å². The maximum absolute atomic E-state index is 13.4. The van der Waals surface area contributed by atoms with E-state index in [1.807, 2.05) is 0 Å². The van der Waals surface area contributed by atoms with Gasteiger partial charge in [-0.2, -0.15) is 0 Å². The fraction of sp³-hybridized carbons (Fsp3) is 0.600. The third kappa shape index (κ3) is 2.72. The molecule has 2 heterocycles. The summed E-state index contributed by atoms with van der Waals surface area (Å²) < 4.78 is 19.4. The van der Waals surface area contributed by atoms with E-state index in [0.717, 1.165) is 12.8 Å². The molecule has 19 heavy (non-hydrogen) atoms. The molecule has 1 aromatic rings. The Morgan fingerprint density at radius 3 is 2.58 bits per heavy atom. The lowest BCUT2D eigenvalue weighted by Gasteiger charge is -2.46. The van der Waals surface area contributed by atoms with Gasteiger partial charge in [0.25, 0.3) is 0 Å². The van der Waals surface area contributed by atoms with Crippen molar-refractivity contribution in [1.29, 1.82) is 0 Å². The molecule has 2 aliphatic rings. The van der Waals surface area contributed by atoms with Crippen molar-refractivity contribution >= 4 is 11.6 Å². The Balaban J connectivity index is 1.69. The highest BCUT2D eigenvalue weighted by atomic mass is 35.5. The Bertz CT molecular complexity index is 453. The monoisotopic (exact) mass is 283 g/mol. The van der Waals surface area contributed by atoms with E-state index in [-0.39, 0.29) is 11.1 Å². The first-order valence-corrected chi connectivity index (χ1v) is 7.35. The minimum absolute atomic E-state index is 0.146. The van der Waals surface area contributed by atoms with Gasteiger partial charge in [0.1, 0.15) is 17.7 Å². The summed E-state index contributed by atoms with van der Waals surface area (Å²) in [5.74, 6) is 0.182. The zero-order valence-electron chi connectivity index (χ0n) is 11.1. The summed E-state index contributed by atoms with van der Waals surface area (Å²) in [4.78, 5) is 2.49. The number of nitrogens with zero attached hydrogens (tertiary/aromatic N) is 1. The molecule has 0 aliphatic carbocycles. The van der Waals surface area contributed by atoms with E-state index in [1.54, 1.807) is 12.1 Å². The van der Waals surface area contributed by atoms with Crippen LogP contribution in [0, 0.1) is 5.82 Å². The zero-order valence-corrected chi connectivity index (χ0v) is 11.9. The molecule has 4 heteroatoms. The first kappa shape index (κ1) is 13.2. The molecule has 1 aromatic carbocycles. The first-order chi connectivity index (χ1) is 9.13. The van der Waals surface area contributed by atoms with Crippen LogP contribution in [0.1, 0.15) is 32.1 Å². The van der Waals surface area contributed by atoms with Crippen molar-refractivity contribution in [3.8, 4) is 5.75 Å². The third-order valence-electron chi connectivity index (χ3n) is 4.49. The Kier molecular flexibility index (Phi) is 3.68. The molecule has 0 spiro atoms. The molecule has 2 bridgehead atoms. The molecule has 0 saturated carbocycles. The molecule has 0 aromatic heterocycles. The van der Waals surface area contributed by atoms with Gasteiger partial charge in [0.05, 0.1) is 5.02 Å². The van der Waals surface area contributed by atoms with Crippen molar-refractivity contribution < 1.29 is 9.13 Å². The molecule has 2 nitrogen and oxygen atoms in total. The third-order valence-corrected chi connectivity index (χ3v) is 4.80. The maximum atomic E-state index is 13.4. The van der Waals surface area contributed by atoms with Crippen LogP contribution in [0.5, 0.6) is 5.75 Å². The van der Waals surface area contributed by atoms with E-state index in [2.05, 4.69) is 11.9 Å². The Morgan fingerprint density at radius 2 is 1.95 bits per heavy atom. The molecule has 0 N–H and O–H groups in total. The SMILES string of the molecule is CN1[C@@H]2CCC[C@H]1C[C@H](Oc1ccc(Cl)c(F)c1)C2. The van der Waals surface area contributed by atoms with Gasteiger partial charge in [-0.05, 0) is 44.9 Å². The van der Waals surface area contributed by atoms with Gasteiger partial charge < -0.3 is 9.64 Å². The fourth-order valence-corrected chi connectivity index (χ4v) is 3.52. The molecule has 2 aliphatic heterocycles. The van der Waals surface area contributed by atoms with Gasteiger partial charge in [0.2, 0.25) is 0 Å². The minimum Gasteiger partial charge on any atom is -0.490 e. The van der Waals surface area contributed by atoms with Gasteiger partial charge in [0, 0.05) is 18.2 Å². The zero-order chi connectivity index (χ0) is 13.4. The molecule has 3 rings (SSSR count). The van der Waals surface area contributed by atoms with Crippen molar-refractivity contribution in [3.05, 3.63) is 29.0 Å². The average molecular weight is 284 g/mol. The molecule has 104 valence electrons. The van der Waals surface area contributed by atoms with Crippen molar-refractivity contribution in [2.75, 3.05) is 7.05 Å². The van der Waals surface area contributed by atoms with Gasteiger partial charge >= 0.3 is 0 Å². The van der Waals surface area contributed by atoms with E-state index < -0.39 is 5.82 Å². The second-order valence-electron chi connectivity index (χ2n) is 5.69. The van der Waals surface area contributed by atoms with Crippen LogP contribution in [0.25, 0.3) is 0 Å². The molecular formula is C15H19ClFNO. The normalized spacial score (nSPS) is 31.2. The summed E-state index contributed by atoms with van der Waals surface area (Å²) >= 11 is 5.68. The van der Waals surface area contributed by atoms with Crippen LogP contribution in [0.4, 0.5) is 4.39 Å². The predicted molar refractivity (Wildman–Crippen MR) is 74.3 cm³/mol. The quantitative estimate of drug-likeness (QED) is 0.817. The molecule has 2 fully saturated rings. The summed E-state index contributed by atoms with van der Waals surface area (Å²) in [5, 5.41) is 0.146. The summed E-state index contributed by atoms with van der Waals surface area (Å²) in [5.41, 5.74) is 0. The smallest absolute Gasteiger partial charge is 0.145 e. The predicted octanol–water partition coefficient (Wildman–Crippen LogP) is 3.87. The van der Waals surface area contributed by atoms with E-state index in [4.69, 9.17) is 16.3 Å². The second-order valence-corrected chi connectivity index (χ2v) is 6.10. The van der Waals surface area contributed by atoms with E-state index >= 15 is 0 Å². The van der Waals surface area contributed by atoms with Gasteiger partial charge in [-0.25, -0.2) is 4.39 Å². The van der Waals surface area contributed by atoms with Crippen LogP contribution in [0.2, 0.25) is 5.02 Å². The second kappa shape index (κ2) is 5.29. The average Bonchev–Trinajstić information content (AvgIpc) is 2.35. The number of ether oxygens (including phenoxy) is 1. The van der Waals surface area contributed by atoms with Crippen molar-refractivity contribution in [2.24, 2.45) is 0 Å². The number of benzene rings is 1. The van der Waals surface area contributed by atoms with Crippen LogP contribution in [0.3, 0.4) is 0 Å². The summed E-state index contributed by atoms with van der Waals surface area (Å²) in [6.45, 7) is 0. The van der Waals surface area contributed by atoms with Crippen molar-refractivity contribution in [3.63, 3.8) is 0 Å². The van der Waals surface area contributed by atoms with E-state index in [0.29, 0.717) is 17.8 Å². The van der Waals surface area contributed by atoms with Gasteiger partial charge in [-0.3, -0.25) is 0 Å². The fourth-order valence-electron chi connectivity index (χ4n) is 3.40. The lowest BCUT2D eigenvalue weighted by Crippen LogP contribution is -2.52. The Morgan fingerprint density at radius 1 is 1.26 bits per heavy atom. The highest BCUT2D eigenvalue weighted by Gasteiger charge is 2.36. The van der Waals surface area contributed by atoms with Crippen molar-refractivity contribution in [1.82, 2.24) is 4.90 Å². The highest BCUT2D eigenvalue weighted by molar-refractivity contribution is 6.30. The number of rotatable bonds is 2. The molecule has 0 radical (unpaired) electrons. The van der Waals surface area contributed by atoms with Gasteiger partial charge in [-0.15, -0.1) is 0 Å². The van der Waals surface area contributed by atoms with Crippen LogP contribution < -0.4 is 4.74 Å². The standard InChI is InChI=1S/C15H19ClFNO/c1-18-10-3-2-4-11(18)8-13(7-10)19-12-5-6-14(16)15(17)9-12/h5-6,9-11,13H,2-4,7-8H2,1H3/t10-,11+,13-. The van der Waals surface area contributed by atoms with Crippen molar-refractivity contribution in [2.45, 2.75) is 50.3 Å². The van der Waals surface area contributed by atoms with Gasteiger partial charge in [-0.1, -0.05) is 18.0 Å². The first-order valence-electron chi connectivity index (χ1n) is 6.97. The van der Waals surface area contributed by atoms with E-state index in [9.17, 15) is 4.39 Å². The summed E-state index contributed by atoms with van der Waals surface area (Å²) in [6, 6.07) is 5.93. The molecule has 0 unspecified atom stereocenters. The molecular weight excluding hydrogens is 265 g/mol. The van der Waals surface area contributed by atoms with E-state index in [1.165, 1.54) is 25.3 Å². The number of hydrogen-bond acceptors (Lipinski definition) is 2. The Hall–Kier alpha value is -0.800. The minimum atomic E-state index is -0.410. The summed E-state index contributed by atoms with van der Waals surface area (Å²) in [7, 11) is 2.21. The maximum Gasteiger partial charge on any atom is 0.145 e. The topological polar surface area (TPSA) is 12.5 Å². The lowest BCUT2D eigenvalue weighted by atomic mass is 9.83. The highest BCUT2D eigenvalue weighted by Crippen LogP contribution is 2.34. The number of hydrogen-bond donors (Lipinski definition) is 0. The van der Waals surface area contributed by atoms with Crippen LogP contribution >= 0.6 is 11.6 Å². The number of fused-ring (bicyclic) bond motifs is 2. The largest absolute Gasteiger partial charge is 0.490 e. The number of piperidine rings is 2. The van der Waals surface area contributed by atoms with Gasteiger partial charge in [0.15, 0.2) is 0 Å². The molecule has 2 saturated heterocycles. The summed E-state index contributed by atoms with van der Waals surface area (Å²) in [6.07, 6.45) is 6.10. The molecule has 0 amide bonds. The molecule has 3 atom stereocenters. The van der Waals surface area contributed by atoms with Crippen LogP contribution in [-0.2, 0) is 0 Å². The number of halogens is 2. The lowest BCUT2D eigenvalue weighted by molar-refractivity contribution is 0.0000537. The van der Waals surface area contributed by atoms with Crippen LogP contribution in [0.15, 0.2) is 18.2 Å².